The highest BCUT2D eigenvalue weighted by atomic mass is 16.4. The van der Waals surface area contributed by atoms with Gasteiger partial charge in [0.1, 0.15) is 0 Å². The summed E-state index contributed by atoms with van der Waals surface area (Å²) in [5.41, 5.74) is 1.77. The van der Waals surface area contributed by atoms with Gasteiger partial charge in [0.15, 0.2) is 0 Å². The Morgan fingerprint density at radius 1 is 1.40 bits per heavy atom. The molecule has 1 amide bonds. The van der Waals surface area contributed by atoms with Gasteiger partial charge in [0.2, 0.25) is 5.91 Å². The molecular formula is C15H20N2O3. The first-order valence-electron chi connectivity index (χ1n) is 6.92. The van der Waals surface area contributed by atoms with Crippen molar-refractivity contribution >= 4 is 17.6 Å². The van der Waals surface area contributed by atoms with Crippen LogP contribution in [0.15, 0.2) is 24.3 Å². The Kier molecular flexibility index (Phi) is 4.74. The van der Waals surface area contributed by atoms with Gasteiger partial charge >= 0.3 is 5.97 Å². The van der Waals surface area contributed by atoms with Crippen LogP contribution in [0, 0.1) is 6.92 Å². The summed E-state index contributed by atoms with van der Waals surface area (Å²) in [7, 11) is 0. The summed E-state index contributed by atoms with van der Waals surface area (Å²) in [6.45, 7) is 2.98. The van der Waals surface area contributed by atoms with Crippen LogP contribution in [0.5, 0.6) is 0 Å². The van der Waals surface area contributed by atoms with Crippen LogP contribution in [-0.2, 0) is 9.59 Å². The van der Waals surface area contributed by atoms with E-state index in [1.165, 1.54) is 0 Å². The highest BCUT2D eigenvalue weighted by Crippen LogP contribution is 2.22. The number of aliphatic carboxylic acids is 1. The minimum absolute atomic E-state index is 0.0296. The number of carbonyl (C=O) groups excluding carboxylic acids is 1. The fourth-order valence-electron chi connectivity index (χ4n) is 2.51. The summed E-state index contributed by atoms with van der Waals surface area (Å²) in [5, 5.41) is 12.0. The Bertz CT molecular complexity index is 496. The Hall–Kier alpha value is -1.88. The van der Waals surface area contributed by atoms with Crippen LogP contribution in [0.1, 0.15) is 24.8 Å². The Morgan fingerprint density at radius 3 is 2.75 bits per heavy atom. The SMILES string of the molecule is Cc1ccccc1N(CCC(=O)O)C(=O)[C@H]1CCCN1. The summed E-state index contributed by atoms with van der Waals surface area (Å²) >= 11 is 0. The Labute approximate surface area is 118 Å². The Balaban J connectivity index is 2.21. The number of hydrogen-bond donors (Lipinski definition) is 2. The van der Waals surface area contributed by atoms with Crippen LogP contribution in [0.4, 0.5) is 5.69 Å². The zero-order valence-corrected chi connectivity index (χ0v) is 11.6. The van der Waals surface area contributed by atoms with E-state index in [0.29, 0.717) is 0 Å². The number of nitrogens with zero attached hydrogens (tertiary/aromatic N) is 1. The van der Waals surface area contributed by atoms with Crippen LogP contribution in [0.2, 0.25) is 0 Å². The number of anilines is 1. The predicted molar refractivity (Wildman–Crippen MR) is 76.8 cm³/mol. The lowest BCUT2D eigenvalue weighted by Crippen LogP contribution is -2.45. The largest absolute Gasteiger partial charge is 0.481 e. The lowest BCUT2D eigenvalue weighted by molar-refractivity contribution is -0.136. The number of amides is 1. The topological polar surface area (TPSA) is 69.6 Å². The molecule has 0 spiro atoms. The van der Waals surface area contributed by atoms with Crippen molar-refractivity contribution in [2.45, 2.75) is 32.2 Å². The molecule has 1 aliphatic rings. The number of rotatable bonds is 5. The van der Waals surface area contributed by atoms with Crippen molar-refractivity contribution < 1.29 is 14.7 Å². The van der Waals surface area contributed by atoms with Gasteiger partial charge in [0, 0.05) is 12.2 Å². The molecule has 108 valence electrons. The van der Waals surface area contributed by atoms with Gasteiger partial charge < -0.3 is 15.3 Å². The van der Waals surface area contributed by atoms with Gasteiger partial charge in [-0.15, -0.1) is 0 Å². The summed E-state index contributed by atoms with van der Waals surface area (Å²) < 4.78 is 0. The van der Waals surface area contributed by atoms with Gasteiger partial charge in [-0.2, -0.15) is 0 Å². The molecule has 20 heavy (non-hydrogen) atoms. The fourth-order valence-corrected chi connectivity index (χ4v) is 2.51. The van der Waals surface area contributed by atoms with Crippen molar-refractivity contribution in [3.8, 4) is 0 Å². The molecule has 1 fully saturated rings. The number of nitrogens with one attached hydrogen (secondary N) is 1. The normalized spacial score (nSPS) is 17.9. The van der Waals surface area contributed by atoms with Gasteiger partial charge in [0.05, 0.1) is 12.5 Å². The van der Waals surface area contributed by atoms with Crippen molar-refractivity contribution in [2.75, 3.05) is 18.0 Å². The monoisotopic (exact) mass is 276 g/mol. The van der Waals surface area contributed by atoms with E-state index in [2.05, 4.69) is 5.32 Å². The zero-order valence-electron chi connectivity index (χ0n) is 11.6. The fraction of sp³-hybridized carbons (Fsp3) is 0.467. The molecule has 2 rings (SSSR count). The maximum Gasteiger partial charge on any atom is 0.305 e. The van der Waals surface area contributed by atoms with E-state index >= 15 is 0 Å². The van der Waals surface area contributed by atoms with Gasteiger partial charge in [-0.1, -0.05) is 18.2 Å². The molecule has 5 nitrogen and oxygen atoms in total. The van der Waals surface area contributed by atoms with Gasteiger partial charge in [-0.25, -0.2) is 0 Å². The summed E-state index contributed by atoms with van der Waals surface area (Å²) in [6.07, 6.45) is 1.75. The maximum absolute atomic E-state index is 12.6. The quantitative estimate of drug-likeness (QED) is 0.856. The van der Waals surface area contributed by atoms with E-state index in [-0.39, 0.29) is 24.9 Å². The number of hydrogen-bond acceptors (Lipinski definition) is 3. The molecule has 0 saturated carbocycles. The molecule has 1 atom stereocenters. The average molecular weight is 276 g/mol. The predicted octanol–water partition coefficient (Wildman–Crippen LogP) is 1.55. The molecular weight excluding hydrogens is 256 g/mol. The van der Waals surface area contributed by atoms with Crippen molar-refractivity contribution in [3.63, 3.8) is 0 Å². The van der Waals surface area contributed by atoms with Gasteiger partial charge in [0.25, 0.3) is 0 Å². The number of aryl methyl sites for hydroxylation is 1. The van der Waals surface area contributed by atoms with Crippen LogP contribution >= 0.6 is 0 Å². The number of carboxylic acids is 1. The first-order valence-corrected chi connectivity index (χ1v) is 6.92. The zero-order chi connectivity index (χ0) is 14.5. The molecule has 0 aromatic heterocycles. The lowest BCUT2D eigenvalue weighted by atomic mass is 10.1. The second-order valence-corrected chi connectivity index (χ2v) is 5.07. The third-order valence-corrected chi connectivity index (χ3v) is 3.58. The summed E-state index contributed by atoms with van der Waals surface area (Å²) in [6, 6.07) is 7.38. The molecule has 0 unspecified atom stereocenters. The number of benzene rings is 1. The first kappa shape index (κ1) is 14.5. The number of carbonyl (C=O) groups is 2. The number of para-hydroxylation sites is 1. The van der Waals surface area contributed by atoms with Gasteiger partial charge in [-0.05, 0) is 37.9 Å². The van der Waals surface area contributed by atoms with E-state index in [1.807, 2.05) is 31.2 Å². The van der Waals surface area contributed by atoms with E-state index in [1.54, 1.807) is 4.90 Å². The van der Waals surface area contributed by atoms with E-state index in [9.17, 15) is 9.59 Å². The smallest absolute Gasteiger partial charge is 0.305 e. The van der Waals surface area contributed by atoms with Crippen molar-refractivity contribution in [3.05, 3.63) is 29.8 Å². The Morgan fingerprint density at radius 2 is 2.15 bits per heavy atom. The van der Waals surface area contributed by atoms with Crippen LogP contribution in [0.3, 0.4) is 0 Å². The third kappa shape index (κ3) is 3.36. The number of carboxylic acid groups (broad SMARTS) is 1. The van der Waals surface area contributed by atoms with Crippen LogP contribution in [-0.4, -0.2) is 36.1 Å². The molecule has 0 radical (unpaired) electrons. The van der Waals surface area contributed by atoms with Crippen LogP contribution < -0.4 is 10.2 Å². The second-order valence-electron chi connectivity index (χ2n) is 5.07. The first-order chi connectivity index (χ1) is 9.59. The molecule has 1 saturated heterocycles. The highest BCUT2D eigenvalue weighted by Gasteiger charge is 2.28. The standard InChI is InChI=1S/C15H20N2O3/c1-11-5-2-3-7-13(11)17(10-8-14(18)19)15(20)12-6-4-9-16-12/h2-3,5,7,12,16H,4,6,8-10H2,1H3,(H,18,19)/t12-/m1/s1. The highest BCUT2D eigenvalue weighted by molar-refractivity contribution is 5.98. The molecule has 1 heterocycles. The molecule has 1 aromatic rings. The van der Waals surface area contributed by atoms with E-state index in [0.717, 1.165) is 30.6 Å². The van der Waals surface area contributed by atoms with Crippen molar-refractivity contribution in [2.24, 2.45) is 0 Å². The minimum atomic E-state index is -0.893. The van der Waals surface area contributed by atoms with Crippen molar-refractivity contribution in [1.29, 1.82) is 0 Å². The molecule has 5 heteroatoms. The molecule has 0 aliphatic carbocycles. The minimum Gasteiger partial charge on any atom is -0.481 e. The second kappa shape index (κ2) is 6.52. The molecule has 1 aromatic carbocycles. The maximum atomic E-state index is 12.6. The third-order valence-electron chi connectivity index (χ3n) is 3.58. The molecule has 1 aliphatic heterocycles. The van der Waals surface area contributed by atoms with Gasteiger partial charge in [-0.3, -0.25) is 9.59 Å². The van der Waals surface area contributed by atoms with E-state index < -0.39 is 5.97 Å². The molecule has 2 N–H and O–H groups in total. The average Bonchev–Trinajstić information content (AvgIpc) is 2.94. The van der Waals surface area contributed by atoms with E-state index in [4.69, 9.17) is 5.11 Å². The lowest BCUT2D eigenvalue weighted by Gasteiger charge is -2.26. The summed E-state index contributed by atoms with van der Waals surface area (Å²) in [4.78, 5) is 25.0. The molecule has 0 bridgehead atoms. The van der Waals surface area contributed by atoms with Crippen molar-refractivity contribution in [1.82, 2.24) is 5.32 Å². The van der Waals surface area contributed by atoms with Crippen LogP contribution in [0.25, 0.3) is 0 Å². The summed E-state index contributed by atoms with van der Waals surface area (Å²) in [5.74, 6) is -0.922.